The molecule has 1 heterocycles. The van der Waals surface area contributed by atoms with Crippen LogP contribution in [-0.4, -0.2) is 29.4 Å². The highest BCUT2D eigenvalue weighted by Crippen LogP contribution is 2.22. The Kier molecular flexibility index (Phi) is 5.16. The van der Waals surface area contributed by atoms with Gasteiger partial charge < -0.3 is 14.9 Å². The van der Waals surface area contributed by atoms with Crippen molar-refractivity contribution in [3.63, 3.8) is 0 Å². The Morgan fingerprint density at radius 3 is 2.73 bits per heavy atom. The van der Waals surface area contributed by atoms with E-state index in [1.165, 1.54) is 0 Å². The number of aliphatic hydroxyl groups excluding tert-OH is 1. The smallest absolute Gasteiger partial charge is 0.320 e. The van der Waals surface area contributed by atoms with Crippen LogP contribution in [0.3, 0.4) is 0 Å². The Balaban J connectivity index is 1.89. The maximum atomic E-state index is 11.8. The minimum absolute atomic E-state index is 0.0972. The van der Waals surface area contributed by atoms with Crippen molar-refractivity contribution in [1.29, 1.82) is 0 Å². The standard InChI is InChI=1S/C16H21N3O3/c1-16(2,8-9-20)11-17-15(21)18-14-10-13(22-19-14)12-6-4-3-5-7-12/h3-7,10,20H,8-9,11H2,1-2H3,(H2,17,18,19,21). The third-order valence-corrected chi connectivity index (χ3v) is 3.33. The van der Waals surface area contributed by atoms with Crippen LogP contribution in [0.25, 0.3) is 11.3 Å². The molecule has 22 heavy (non-hydrogen) atoms. The van der Waals surface area contributed by atoms with E-state index in [-0.39, 0.29) is 18.1 Å². The second kappa shape index (κ2) is 7.09. The van der Waals surface area contributed by atoms with Crippen LogP contribution < -0.4 is 10.6 Å². The molecule has 1 aromatic heterocycles. The van der Waals surface area contributed by atoms with Gasteiger partial charge in [-0.15, -0.1) is 0 Å². The van der Waals surface area contributed by atoms with E-state index in [1.54, 1.807) is 6.07 Å². The number of benzene rings is 1. The number of hydrogen-bond acceptors (Lipinski definition) is 4. The summed E-state index contributed by atoms with van der Waals surface area (Å²) < 4.78 is 5.21. The lowest BCUT2D eigenvalue weighted by Gasteiger charge is -2.23. The first-order valence-electron chi connectivity index (χ1n) is 7.18. The molecule has 0 fully saturated rings. The summed E-state index contributed by atoms with van der Waals surface area (Å²) >= 11 is 0. The van der Waals surface area contributed by atoms with Crippen LogP contribution in [0, 0.1) is 5.41 Å². The first kappa shape index (κ1) is 16.0. The second-order valence-corrected chi connectivity index (χ2v) is 5.89. The number of aromatic nitrogens is 1. The Labute approximate surface area is 129 Å². The molecule has 1 aromatic carbocycles. The van der Waals surface area contributed by atoms with Crippen LogP contribution in [0.4, 0.5) is 10.6 Å². The fourth-order valence-corrected chi connectivity index (χ4v) is 1.94. The molecule has 6 heteroatoms. The van der Waals surface area contributed by atoms with Crippen molar-refractivity contribution >= 4 is 11.8 Å². The summed E-state index contributed by atoms with van der Waals surface area (Å²) in [4.78, 5) is 11.8. The van der Waals surface area contributed by atoms with Gasteiger partial charge in [0, 0.05) is 24.8 Å². The Hall–Kier alpha value is -2.34. The van der Waals surface area contributed by atoms with Crippen molar-refractivity contribution in [1.82, 2.24) is 10.5 Å². The molecule has 0 aliphatic heterocycles. The van der Waals surface area contributed by atoms with Crippen molar-refractivity contribution < 1.29 is 14.4 Å². The van der Waals surface area contributed by atoms with E-state index in [4.69, 9.17) is 9.63 Å². The van der Waals surface area contributed by atoms with Crippen molar-refractivity contribution in [3.05, 3.63) is 36.4 Å². The Bertz CT molecular complexity index is 608. The molecule has 0 saturated carbocycles. The summed E-state index contributed by atoms with van der Waals surface area (Å²) in [5.74, 6) is 0.952. The van der Waals surface area contributed by atoms with Crippen LogP contribution in [0.1, 0.15) is 20.3 Å². The van der Waals surface area contributed by atoms with Crippen molar-refractivity contribution in [2.45, 2.75) is 20.3 Å². The lowest BCUT2D eigenvalue weighted by molar-refractivity contribution is 0.204. The zero-order valence-electron chi connectivity index (χ0n) is 12.8. The molecular weight excluding hydrogens is 282 g/mol. The lowest BCUT2D eigenvalue weighted by Crippen LogP contribution is -2.37. The predicted octanol–water partition coefficient (Wildman–Crippen LogP) is 2.87. The number of nitrogens with one attached hydrogen (secondary N) is 2. The molecular formula is C16H21N3O3. The third-order valence-electron chi connectivity index (χ3n) is 3.33. The van der Waals surface area contributed by atoms with Gasteiger partial charge in [0.15, 0.2) is 11.6 Å². The van der Waals surface area contributed by atoms with E-state index < -0.39 is 0 Å². The molecule has 6 nitrogen and oxygen atoms in total. The first-order chi connectivity index (χ1) is 10.5. The summed E-state index contributed by atoms with van der Waals surface area (Å²) in [6, 6.07) is 10.9. The molecule has 0 aliphatic carbocycles. The summed E-state index contributed by atoms with van der Waals surface area (Å²) in [6.45, 7) is 4.52. The van der Waals surface area contributed by atoms with E-state index in [9.17, 15) is 4.79 Å². The summed E-state index contributed by atoms with van der Waals surface area (Å²) in [7, 11) is 0. The molecule has 0 saturated heterocycles. The zero-order valence-corrected chi connectivity index (χ0v) is 12.8. The molecule has 0 atom stereocenters. The van der Waals surface area contributed by atoms with Crippen LogP contribution in [-0.2, 0) is 0 Å². The number of rotatable bonds is 6. The number of amides is 2. The van der Waals surface area contributed by atoms with Crippen molar-refractivity contribution in [2.75, 3.05) is 18.5 Å². The van der Waals surface area contributed by atoms with Gasteiger partial charge in [-0.05, 0) is 11.8 Å². The Morgan fingerprint density at radius 2 is 2.05 bits per heavy atom. The molecule has 0 spiro atoms. The quantitative estimate of drug-likeness (QED) is 0.765. The minimum Gasteiger partial charge on any atom is -0.396 e. The number of aliphatic hydroxyl groups is 1. The number of hydrogen-bond donors (Lipinski definition) is 3. The number of urea groups is 1. The maximum absolute atomic E-state index is 11.8. The van der Waals surface area contributed by atoms with Gasteiger partial charge in [-0.2, -0.15) is 0 Å². The highest BCUT2D eigenvalue weighted by atomic mass is 16.5. The van der Waals surface area contributed by atoms with Gasteiger partial charge in [0.1, 0.15) is 0 Å². The summed E-state index contributed by atoms with van der Waals surface area (Å²) in [5.41, 5.74) is 0.734. The van der Waals surface area contributed by atoms with Gasteiger partial charge >= 0.3 is 6.03 Å². The monoisotopic (exact) mass is 303 g/mol. The van der Waals surface area contributed by atoms with E-state index in [2.05, 4.69) is 15.8 Å². The normalized spacial score (nSPS) is 11.2. The fourth-order valence-electron chi connectivity index (χ4n) is 1.94. The van der Waals surface area contributed by atoms with E-state index in [1.807, 2.05) is 44.2 Å². The van der Waals surface area contributed by atoms with E-state index in [0.29, 0.717) is 24.5 Å². The highest BCUT2D eigenvalue weighted by molar-refractivity contribution is 5.88. The number of carbonyl (C=O) groups is 1. The van der Waals surface area contributed by atoms with Gasteiger partial charge in [0.2, 0.25) is 0 Å². The van der Waals surface area contributed by atoms with Crippen LogP contribution >= 0.6 is 0 Å². The van der Waals surface area contributed by atoms with Gasteiger partial charge in [0.25, 0.3) is 0 Å². The summed E-state index contributed by atoms with van der Waals surface area (Å²) in [6.07, 6.45) is 0.620. The maximum Gasteiger partial charge on any atom is 0.320 e. The number of anilines is 1. The highest BCUT2D eigenvalue weighted by Gasteiger charge is 2.18. The van der Waals surface area contributed by atoms with Gasteiger partial charge in [-0.1, -0.05) is 49.3 Å². The molecule has 0 bridgehead atoms. The van der Waals surface area contributed by atoms with E-state index in [0.717, 1.165) is 5.56 Å². The zero-order chi connectivity index (χ0) is 16.0. The van der Waals surface area contributed by atoms with Crippen LogP contribution in [0.15, 0.2) is 40.9 Å². The molecule has 2 aromatic rings. The largest absolute Gasteiger partial charge is 0.396 e. The molecule has 0 radical (unpaired) electrons. The Morgan fingerprint density at radius 1 is 1.32 bits per heavy atom. The summed E-state index contributed by atoms with van der Waals surface area (Å²) in [5, 5.41) is 18.2. The fraction of sp³-hybridized carbons (Fsp3) is 0.375. The molecule has 0 aliphatic rings. The van der Waals surface area contributed by atoms with Gasteiger partial charge in [-0.3, -0.25) is 5.32 Å². The number of carbonyl (C=O) groups excluding carboxylic acids is 1. The van der Waals surface area contributed by atoms with Crippen molar-refractivity contribution in [2.24, 2.45) is 5.41 Å². The van der Waals surface area contributed by atoms with Crippen molar-refractivity contribution in [3.8, 4) is 11.3 Å². The van der Waals surface area contributed by atoms with E-state index >= 15 is 0 Å². The van der Waals surface area contributed by atoms with Gasteiger partial charge in [-0.25, -0.2) is 4.79 Å². The molecule has 2 rings (SSSR count). The average Bonchev–Trinajstić information content (AvgIpc) is 2.95. The van der Waals surface area contributed by atoms with Gasteiger partial charge in [0.05, 0.1) is 0 Å². The number of nitrogens with zero attached hydrogens (tertiary/aromatic N) is 1. The molecule has 2 amide bonds. The van der Waals surface area contributed by atoms with Crippen LogP contribution in [0.5, 0.6) is 0 Å². The SMILES string of the molecule is CC(C)(CCO)CNC(=O)Nc1cc(-c2ccccc2)on1. The van der Waals surface area contributed by atoms with Crippen LogP contribution in [0.2, 0.25) is 0 Å². The average molecular weight is 303 g/mol. The molecule has 118 valence electrons. The molecule has 3 N–H and O–H groups in total. The third kappa shape index (κ3) is 4.60. The lowest BCUT2D eigenvalue weighted by atomic mass is 9.90. The molecule has 0 unspecified atom stereocenters. The first-order valence-corrected chi connectivity index (χ1v) is 7.18. The minimum atomic E-state index is -0.348. The second-order valence-electron chi connectivity index (χ2n) is 5.89. The topological polar surface area (TPSA) is 87.4 Å². The predicted molar refractivity (Wildman–Crippen MR) is 84.4 cm³/mol.